The largest absolute Gasteiger partial charge is 0.387 e. The van der Waals surface area contributed by atoms with E-state index < -0.39 is 5.60 Å². The van der Waals surface area contributed by atoms with Crippen molar-refractivity contribution in [1.82, 2.24) is 9.78 Å². The minimum absolute atomic E-state index is 0.101. The fraction of sp³-hybridized carbons (Fsp3) is 0.769. The van der Waals surface area contributed by atoms with Crippen molar-refractivity contribution in [2.24, 2.45) is 0 Å². The Bertz CT molecular complexity index is 377. The van der Waals surface area contributed by atoms with Gasteiger partial charge in [0.2, 0.25) is 0 Å². The van der Waals surface area contributed by atoms with Crippen LogP contribution >= 0.6 is 0 Å². The molecule has 4 nitrogen and oxygen atoms in total. The number of hydrogen-bond acceptors (Lipinski definition) is 3. The van der Waals surface area contributed by atoms with Gasteiger partial charge in [0.05, 0.1) is 17.4 Å². The van der Waals surface area contributed by atoms with E-state index in [0.29, 0.717) is 25.5 Å². The molecule has 4 heteroatoms. The van der Waals surface area contributed by atoms with Crippen molar-refractivity contribution in [3.8, 4) is 0 Å². The van der Waals surface area contributed by atoms with E-state index in [4.69, 9.17) is 4.74 Å². The van der Waals surface area contributed by atoms with Crippen LogP contribution in [-0.4, -0.2) is 33.2 Å². The SMILES string of the molecule is CCC(C)n1ccc(CC2(O)CCOC2C)n1. The maximum Gasteiger partial charge on any atom is 0.0983 e. The van der Waals surface area contributed by atoms with Crippen LogP contribution in [0.2, 0.25) is 0 Å². The zero-order chi connectivity index (χ0) is 12.5. The summed E-state index contributed by atoms with van der Waals surface area (Å²) in [7, 11) is 0. The van der Waals surface area contributed by atoms with Gasteiger partial charge in [0.1, 0.15) is 0 Å². The molecule has 0 amide bonds. The van der Waals surface area contributed by atoms with Gasteiger partial charge in [-0.15, -0.1) is 0 Å². The van der Waals surface area contributed by atoms with E-state index in [9.17, 15) is 5.11 Å². The molecule has 3 unspecified atom stereocenters. The lowest BCUT2D eigenvalue weighted by molar-refractivity contribution is -0.0275. The summed E-state index contributed by atoms with van der Waals surface area (Å²) < 4.78 is 7.40. The Morgan fingerprint density at radius 1 is 1.71 bits per heavy atom. The van der Waals surface area contributed by atoms with Gasteiger partial charge in [-0.3, -0.25) is 4.68 Å². The first-order valence-electron chi connectivity index (χ1n) is 6.43. The van der Waals surface area contributed by atoms with E-state index in [1.165, 1.54) is 0 Å². The summed E-state index contributed by atoms with van der Waals surface area (Å²) >= 11 is 0. The molecule has 1 aromatic heterocycles. The average molecular weight is 238 g/mol. The number of rotatable bonds is 4. The van der Waals surface area contributed by atoms with Crippen molar-refractivity contribution < 1.29 is 9.84 Å². The molecule has 0 aliphatic carbocycles. The normalized spacial score (nSPS) is 30.7. The van der Waals surface area contributed by atoms with E-state index in [-0.39, 0.29) is 6.10 Å². The fourth-order valence-electron chi connectivity index (χ4n) is 2.22. The minimum Gasteiger partial charge on any atom is -0.387 e. The van der Waals surface area contributed by atoms with E-state index in [2.05, 4.69) is 18.9 Å². The van der Waals surface area contributed by atoms with Gasteiger partial charge in [-0.1, -0.05) is 6.92 Å². The number of nitrogens with zero attached hydrogens (tertiary/aromatic N) is 2. The van der Waals surface area contributed by atoms with Crippen LogP contribution in [0.25, 0.3) is 0 Å². The van der Waals surface area contributed by atoms with Crippen molar-refractivity contribution in [3.63, 3.8) is 0 Å². The monoisotopic (exact) mass is 238 g/mol. The molecule has 96 valence electrons. The highest BCUT2D eigenvalue weighted by atomic mass is 16.5. The molecule has 2 heterocycles. The summed E-state index contributed by atoms with van der Waals surface area (Å²) in [5.74, 6) is 0. The molecule has 1 aliphatic heterocycles. The predicted molar refractivity (Wildman–Crippen MR) is 65.9 cm³/mol. The lowest BCUT2D eigenvalue weighted by atomic mass is 9.91. The lowest BCUT2D eigenvalue weighted by Crippen LogP contribution is -2.38. The molecule has 0 aromatic carbocycles. The number of aliphatic hydroxyl groups is 1. The van der Waals surface area contributed by atoms with Gasteiger partial charge in [0.15, 0.2) is 0 Å². The number of hydrogen-bond donors (Lipinski definition) is 1. The van der Waals surface area contributed by atoms with Crippen LogP contribution in [-0.2, 0) is 11.2 Å². The highest BCUT2D eigenvalue weighted by molar-refractivity contribution is 5.07. The minimum atomic E-state index is -0.741. The van der Waals surface area contributed by atoms with Gasteiger partial charge >= 0.3 is 0 Å². The third-order valence-electron chi connectivity index (χ3n) is 3.85. The van der Waals surface area contributed by atoms with Crippen LogP contribution in [0.5, 0.6) is 0 Å². The second-order valence-electron chi connectivity index (χ2n) is 5.09. The first-order chi connectivity index (χ1) is 8.05. The standard InChI is InChI=1S/C13H22N2O2/c1-4-10(2)15-7-5-12(14-15)9-13(16)6-8-17-11(13)3/h5,7,10-11,16H,4,6,8-9H2,1-3H3. The van der Waals surface area contributed by atoms with Gasteiger partial charge in [-0.25, -0.2) is 0 Å². The highest BCUT2D eigenvalue weighted by Gasteiger charge is 2.40. The lowest BCUT2D eigenvalue weighted by Gasteiger charge is -2.24. The molecular formula is C13H22N2O2. The van der Waals surface area contributed by atoms with Gasteiger partial charge in [-0.05, 0) is 26.3 Å². The van der Waals surface area contributed by atoms with Gasteiger partial charge in [0, 0.05) is 31.7 Å². The second-order valence-corrected chi connectivity index (χ2v) is 5.09. The number of aromatic nitrogens is 2. The van der Waals surface area contributed by atoms with Crippen molar-refractivity contribution >= 4 is 0 Å². The molecule has 1 saturated heterocycles. The Hall–Kier alpha value is -0.870. The third kappa shape index (κ3) is 2.53. The van der Waals surface area contributed by atoms with Crippen LogP contribution in [0.3, 0.4) is 0 Å². The quantitative estimate of drug-likeness (QED) is 0.872. The van der Waals surface area contributed by atoms with E-state index in [1.807, 2.05) is 23.9 Å². The number of ether oxygens (including phenoxy) is 1. The maximum atomic E-state index is 10.4. The molecule has 0 saturated carbocycles. The Morgan fingerprint density at radius 3 is 3.06 bits per heavy atom. The summed E-state index contributed by atoms with van der Waals surface area (Å²) in [6.07, 6.45) is 4.23. The second kappa shape index (κ2) is 4.78. The summed E-state index contributed by atoms with van der Waals surface area (Å²) in [4.78, 5) is 0. The van der Waals surface area contributed by atoms with Crippen molar-refractivity contribution in [3.05, 3.63) is 18.0 Å². The molecule has 2 rings (SSSR count). The molecule has 3 atom stereocenters. The van der Waals surface area contributed by atoms with Gasteiger partial charge in [-0.2, -0.15) is 5.10 Å². The molecule has 17 heavy (non-hydrogen) atoms. The molecule has 1 N–H and O–H groups in total. The first-order valence-corrected chi connectivity index (χ1v) is 6.43. The topological polar surface area (TPSA) is 47.3 Å². The first kappa shape index (κ1) is 12.6. The Morgan fingerprint density at radius 2 is 2.47 bits per heavy atom. The average Bonchev–Trinajstić information content (AvgIpc) is 2.87. The molecule has 0 bridgehead atoms. The zero-order valence-electron chi connectivity index (χ0n) is 10.9. The molecule has 1 fully saturated rings. The van der Waals surface area contributed by atoms with Crippen LogP contribution in [0.1, 0.15) is 45.3 Å². The highest BCUT2D eigenvalue weighted by Crippen LogP contribution is 2.29. The Balaban J connectivity index is 2.06. The van der Waals surface area contributed by atoms with E-state index in [1.54, 1.807) is 0 Å². The summed E-state index contributed by atoms with van der Waals surface area (Å²) in [6.45, 7) is 6.86. The summed E-state index contributed by atoms with van der Waals surface area (Å²) in [5.41, 5.74) is 0.208. The Labute approximate surface area is 103 Å². The molecule has 1 aromatic rings. The van der Waals surface area contributed by atoms with Crippen molar-refractivity contribution in [2.75, 3.05) is 6.61 Å². The molecule has 0 spiro atoms. The third-order valence-corrected chi connectivity index (χ3v) is 3.85. The Kier molecular flexibility index (Phi) is 3.54. The molecule has 0 radical (unpaired) electrons. The maximum absolute atomic E-state index is 10.4. The van der Waals surface area contributed by atoms with E-state index in [0.717, 1.165) is 12.1 Å². The fourth-order valence-corrected chi connectivity index (χ4v) is 2.22. The predicted octanol–water partition coefficient (Wildman–Crippen LogP) is 1.94. The van der Waals surface area contributed by atoms with Crippen LogP contribution in [0, 0.1) is 0 Å². The van der Waals surface area contributed by atoms with Crippen LogP contribution in [0.4, 0.5) is 0 Å². The van der Waals surface area contributed by atoms with Crippen molar-refractivity contribution in [2.45, 2.75) is 57.8 Å². The van der Waals surface area contributed by atoms with E-state index >= 15 is 0 Å². The summed E-state index contributed by atoms with van der Waals surface area (Å²) in [5, 5.41) is 15.0. The van der Waals surface area contributed by atoms with Crippen molar-refractivity contribution in [1.29, 1.82) is 0 Å². The zero-order valence-corrected chi connectivity index (χ0v) is 10.9. The molecule has 1 aliphatic rings. The van der Waals surface area contributed by atoms with Gasteiger partial charge < -0.3 is 9.84 Å². The van der Waals surface area contributed by atoms with Gasteiger partial charge in [0.25, 0.3) is 0 Å². The van der Waals surface area contributed by atoms with Crippen LogP contribution < -0.4 is 0 Å². The molecular weight excluding hydrogens is 216 g/mol. The summed E-state index contributed by atoms with van der Waals surface area (Å²) in [6, 6.07) is 2.41. The van der Waals surface area contributed by atoms with Crippen LogP contribution in [0.15, 0.2) is 12.3 Å². The smallest absolute Gasteiger partial charge is 0.0983 e.